The van der Waals surface area contributed by atoms with Crippen LogP contribution in [0.4, 0.5) is 4.79 Å². The molecule has 2 N–H and O–H groups in total. The molecule has 0 fully saturated rings. The summed E-state index contributed by atoms with van der Waals surface area (Å²) in [6.07, 6.45) is 1.65. The summed E-state index contributed by atoms with van der Waals surface area (Å²) in [6.45, 7) is 2.96. The number of esters is 1. The predicted octanol–water partition coefficient (Wildman–Crippen LogP) is 3.51. The average Bonchev–Trinajstić information content (AvgIpc) is 3.16. The van der Waals surface area contributed by atoms with Gasteiger partial charge in [0, 0.05) is 28.4 Å². The number of nitrogens with zero attached hydrogens (tertiary/aromatic N) is 2. The standard InChI is InChI=1S/C23H23ClN4O4/c1-15(2)25-23(31)26-20(29)14-32-21(30)12-17-13-28(19-6-4-3-5-7-19)27-22(17)16-8-10-18(24)11-9-16/h3-11,13,15H,12,14H2,1-2H3,(H2,25,26,29,31). The monoisotopic (exact) mass is 454 g/mol. The fourth-order valence-corrected chi connectivity index (χ4v) is 3.04. The Morgan fingerprint density at radius 1 is 1.06 bits per heavy atom. The molecule has 0 saturated heterocycles. The van der Waals surface area contributed by atoms with Crippen molar-refractivity contribution in [3.63, 3.8) is 0 Å². The van der Waals surface area contributed by atoms with E-state index in [0.717, 1.165) is 11.3 Å². The Hall–Kier alpha value is -3.65. The molecule has 8 nitrogen and oxygen atoms in total. The average molecular weight is 455 g/mol. The first-order chi connectivity index (χ1) is 15.3. The molecule has 2 aromatic carbocycles. The van der Waals surface area contributed by atoms with Gasteiger partial charge in [0.15, 0.2) is 6.61 Å². The van der Waals surface area contributed by atoms with E-state index in [-0.39, 0.29) is 12.5 Å². The third-order valence-electron chi connectivity index (χ3n) is 4.30. The van der Waals surface area contributed by atoms with Gasteiger partial charge in [-0.05, 0) is 38.1 Å². The highest BCUT2D eigenvalue weighted by Crippen LogP contribution is 2.26. The molecule has 0 aliphatic rings. The summed E-state index contributed by atoms with van der Waals surface area (Å²) in [5, 5.41) is 9.84. The van der Waals surface area contributed by atoms with Gasteiger partial charge in [-0.3, -0.25) is 14.9 Å². The molecule has 3 amide bonds. The van der Waals surface area contributed by atoms with E-state index in [1.54, 1.807) is 36.9 Å². The maximum Gasteiger partial charge on any atom is 0.321 e. The van der Waals surface area contributed by atoms with E-state index in [9.17, 15) is 14.4 Å². The zero-order valence-corrected chi connectivity index (χ0v) is 18.4. The number of imide groups is 1. The van der Waals surface area contributed by atoms with Crippen LogP contribution in [0.3, 0.4) is 0 Å². The van der Waals surface area contributed by atoms with Gasteiger partial charge in [-0.15, -0.1) is 0 Å². The Morgan fingerprint density at radius 3 is 2.41 bits per heavy atom. The van der Waals surface area contributed by atoms with Gasteiger partial charge in [-0.25, -0.2) is 9.48 Å². The number of urea groups is 1. The number of ether oxygens (including phenoxy) is 1. The zero-order chi connectivity index (χ0) is 23.1. The van der Waals surface area contributed by atoms with Crippen LogP contribution in [0.15, 0.2) is 60.8 Å². The molecule has 0 radical (unpaired) electrons. The van der Waals surface area contributed by atoms with Crippen molar-refractivity contribution >= 4 is 29.5 Å². The zero-order valence-electron chi connectivity index (χ0n) is 17.7. The van der Waals surface area contributed by atoms with E-state index < -0.39 is 24.5 Å². The lowest BCUT2D eigenvalue weighted by Gasteiger charge is -2.09. The lowest BCUT2D eigenvalue weighted by molar-refractivity contribution is -0.147. The fourth-order valence-electron chi connectivity index (χ4n) is 2.92. The van der Waals surface area contributed by atoms with Gasteiger partial charge >= 0.3 is 12.0 Å². The number of amides is 3. The molecule has 0 aliphatic carbocycles. The van der Waals surface area contributed by atoms with Crippen molar-refractivity contribution in [1.82, 2.24) is 20.4 Å². The molecule has 32 heavy (non-hydrogen) atoms. The highest BCUT2D eigenvalue weighted by atomic mass is 35.5. The first-order valence-corrected chi connectivity index (χ1v) is 10.4. The second-order valence-corrected chi connectivity index (χ2v) is 7.74. The minimum atomic E-state index is -0.714. The maximum atomic E-state index is 12.4. The Kier molecular flexibility index (Phi) is 7.62. The van der Waals surface area contributed by atoms with Gasteiger partial charge in [0.1, 0.15) is 0 Å². The van der Waals surface area contributed by atoms with Crippen molar-refractivity contribution in [1.29, 1.82) is 0 Å². The van der Waals surface area contributed by atoms with Crippen LogP contribution in [-0.2, 0) is 20.7 Å². The number of hydrogen-bond acceptors (Lipinski definition) is 5. The summed E-state index contributed by atoms with van der Waals surface area (Å²) in [7, 11) is 0. The lowest BCUT2D eigenvalue weighted by atomic mass is 10.1. The maximum absolute atomic E-state index is 12.4. The van der Waals surface area contributed by atoms with Crippen LogP contribution in [0.2, 0.25) is 5.02 Å². The summed E-state index contributed by atoms with van der Waals surface area (Å²) in [5.41, 5.74) is 2.84. The van der Waals surface area contributed by atoms with Crippen LogP contribution in [0, 0.1) is 0 Å². The molecular weight excluding hydrogens is 432 g/mol. The third-order valence-corrected chi connectivity index (χ3v) is 4.55. The topological polar surface area (TPSA) is 102 Å². The highest BCUT2D eigenvalue weighted by Gasteiger charge is 2.18. The molecule has 1 heterocycles. The van der Waals surface area contributed by atoms with Crippen LogP contribution in [-0.4, -0.2) is 40.3 Å². The number of aromatic nitrogens is 2. The van der Waals surface area contributed by atoms with Gasteiger partial charge < -0.3 is 10.1 Å². The molecule has 0 spiro atoms. The number of benzene rings is 2. The molecular formula is C23H23ClN4O4. The van der Waals surface area contributed by atoms with E-state index in [1.807, 2.05) is 42.5 Å². The van der Waals surface area contributed by atoms with Crippen molar-refractivity contribution < 1.29 is 19.1 Å². The number of hydrogen-bond donors (Lipinski definition) is 2. The normalized spacial score (nSPS) is 10.6. The van der Waals surface area contributed by atoms with Crippen molar-refractivity contribution in [3.8, 4) is 16.9 Å². The Labute approximate surface area is 190 Å². The highest BCUT2D eigenvalue weighted by molar-refractivity contribution is 6.30. The lowest BCUT2D eigenvalue weighted by Crippen LogP contribution is -2.44. The van der Waals surface area contributed by atoms with Crippen LogP contribution in [0.5, 0.6) is 0 Å². The molecule has 9 heteroatoms. The molecule has 3 aromatic rings. The minimum Gasteiger partial charge on any atom is -0.455 e. The summed E-state index contributed by atoms with van der Waals surface area (Å²) >= 11 is 5.99. The first-order valence-electron chi connectivity index (χ1n) is 9.97. The van der Waals surface area contributed by atoms with Crippen molar-refractivity contribution in [2.24, 2.45) is 0 Å². The number of halogens is 1. The van der Waals surface area contributed by atoms with E-state index >= 15 is 0 Å². The SMILES string of the molecule is CC(C)NC(=O)NC(=O)COC(=O)Cc1cn(-c2ccccc2)nc1-c1ccc(Cl)cc1. The summed E-state index contributed by atoms with van der Waals surface area (Å²) < 4.78 is 6.73. The van der Waals surface area contributed by atoms with Crippen LogP contribution < -0.4 is 10.6 Å². The number of para-hydroxylation sites is 1. The van der Waals surface area contributed by atoms with Gasteiger partial charge in [0.2, 0.25) is 0 Å². The van der Waals surface area contributed by atoms with Gasteiger partial charge in [0.05, 0.1) is 17.8 Å². The second kappa shape index (κ2) is 10.6. The third kappa shape index (κ3) is 6.42. The molecule has 0 saturated carbocycles. The summed E-state index contributed by atoms with van der Waals surface area (Å²) in [4.78, 5) is 35.8. The Bertz CT molecular complexity index is 1090. The molecule has 1 aromatic heterocycles. The molecule has 0 unspecified atom stereocenters. The van der Waals surface area contributed by atoms with Gasteiger partial charge in [0.25, 0.3) is 5.91 Å². The largest absolute Gasteiger partial charge is 0.455 e. The Morgan fingerprint density at radius 2 is 1.75 bits per heavy atom. The van der Waals surface area contributed by atoms with Gasteiger partial charge in [-0.1, -0.05) is 41.9 Å². The number of carbonyl (C=O) groups excluding carboxylic acids is 3. The number of rotatable bonds is 7. The summed E-state index contributed by atoms with van der Waals surface area (Å²) in [6, 6.07) is 15.8. The van der Waals surface area contributed by atoms with Crippen molar-refractivity contribution in [2.75, 3.05) is 6.61 Å². The van der Waals surface area contributed by atoms with Crippen LogP contribution >= 0.6 is 11.6 Å². The first kappa shape index (κ1) is 23.0. The molecule has 0 aliphatic heterocycles. The fraction of sp³-hybridized carbons (Fsp3) is 0.217. The molecule has 3 rings (SSSR count). The van der Waals surface area contributed by atoms with Gasteiger partial charge in [-0.2, -0.15) is 5.10 Å². The summed E-state index contributed by atoms with van der Waals surface area (Å²) in [5.74, 6) is -1.33. The smallest absolute Gasteiger partial charge is 0.321 e. The van der Waals surface area contributed by atoms with Crippen molar-refractivity contribution in [3.05, 3.63) is 71.4 Å². The quantitative estimate of drug-likeness (QED) is 0.532. The van der Waals surface area contributed by atoms with Crippen LogP contribution in [0.1, 0.15) is 19.4 Å². The molecule has 166 valence electrons. The molecule has 0 bridgehead atoms. The van der Waals surface area contributed by atoms with E-state index in [0.29, 0.717) is 16.3 Å². The minimum absolute atomic E-state index is 0.101. The van der Waals surface area contributed by atoms with E-state index in [1.165, 1.54) is 0 Å². The Balaban J connectivity index is 1.72. The van der Waals surface area contributed by atoms with E-state index in [4.69, 9.17) is 16.3 Å². The number of carbonyl (C=O) groups is 3. The second-order valence-electron chi connectivity index (χ2n) is 7.30. The molecule has 0 atom stereocenters. The number of nitrogens with one attached hydrogen (secondary N) is 2. The van der Waals surface area contributed by atoms with Crippen LogP contribution in [0.25, 0.3) is 16.9 Å². The van der Waals surface area contributed by atoms with E-state index in [2.05, 4.69) is 15.7 Å². The van der Waals surface area contributed by atoms with Crippen molar-refractivity contribution in [2.45, 2.75) is 26.3 Å². The predicted molar refractivity (Wildman–Crippen MR) is 120 cm³/mol.